The van der Waals surface area contributed by atoms with Crippen molar-refractivity contribution < 1.29 is 4.79 Å². The van der Waals surface area contributed by atoms with E-state index in [0.717, 1.165) is 38.1 Å². The van der Waals surface area contributed by atoms with Gasteiger partial charge in [0, 0.05) is 30.7 Å². The van der Waals surface area contributed by atoms with E-state index in [1.54, 1.807) is 17.5 Å². The number of hydrogen-bond acceptors (Lipinski definition) is 5. The quantitative estimate of drug-likeness (QED) is 0.299. The summed E-state index contributed by atoms with van der Waals surface area (Å²) < 4.78 is 3.28. The molecule has 0 unspecified atom stereocenters. The Morgan fingerprint density at radius 1 is 1.03 bits per heavy atom. The minimum atomic E-state index is -0.180. The summed E-state index contributed by atoms with van der Waals surface area (Å²) >= 11 is 7.52. The van der Waals surface area contributed by atoms with Crippen LogP contribution < -0.4 is 15.5 Å². The Morgan fingerprint density at radius 2 is 1.83 bits per heavy atom. The zero-order valence-electron chi connectivity index (χ0n) is 19.3. The lowest BCUT2D eigenvalue weighted by Crippen LogP contribution is -2.30. The van der Waals surface area contributed by atoms with Gasteiger partial charge in [0.15, 0.2) is 10.2 Å². The first-order chi connectivity index (χ1) is 17.6. The van der Waals surface area contributed by atoms with Crippen LogP contribution in [0, 0.1) is 0 Å². The van der Waals surface area contributed by atoms with Crippen molar-refractivity contribution in [3.05, 3.63) is 103 Å². The molecule has 0 saturated carbocycles. The number of thiazole rings is 1. The number of hydrogen-bond donors (Lipinski definition) is 2. The van der Waals surface area contributed by atoms with Crippen molar-refractivity contribution in [1.82, 2.24) is 19.9 Å². The Balaban J connectivity index is 1.47. The highest BCUT2D eigenvalue weighted by molar-refractivity contribution is 7.80. The van der Waals surface area contributed by atoms with Crippen molar-refractivity contribution in [2.45, 2.75) is 19.0 Å². The lowest BCUT2D eigenvalue weighted by molar-refractivity contribution is -0.114. The third-order valence-electron chi connectivity index (χ3n) is 6.14. The molecule has 2 atom stereocenters. The normalized spacial score (nSPS) is 17.4. The monoisotopic (exact) mass is 510 g/mol. The molecule has 0 aliphatic carbocycles. The first-order valence-electron chi connectivity index (χ1n) is 11.5. The average Bonchev–Trinajstić information content (AvgIpc) is 3.61. The summed E-state index contributed by atoms with van der Waals surface area (Å²) in [5, 5.41) is 7.84. The van der Waals surface area contributed by atoms with E-state index in [4.69, 9.17) is 17.2 Å². The van der Waals surface area contributed by atoms with Gasteiger partial charge < -0.3 is 15.5 Å². The minimum Gasteiger partial charge on any atom is -0.351 e. The Morgan fingerprint density at radius 3 is 2.58 bits per heavy atom. The highest BCUT2D eigenvalue weighted by Crippen LogP contribution is 2.43. The van der Waals surface area contributed by atoms with Crippen molar-refractivity contribution in [2.75, 3.05) is 10.2 Å². The SMILES string of the molecule is CC(=O)Nc1ccc(N2C(=S)N[C@@H](c3ccccn3)[C@H]2c2cccn2-c2nc3ccccc3s2)cc1. The van der Waals surface area contributed by atoms with E-state index in [-0.39, 0.29) is 18.0 Å². The Bertz CT molecular complexity index is 1530. The van der Waals surface area contributed by atoms with Crippen molar-refractivity contribution >= 4 is 56.2 Å². The van der Waals surface area contributed by atoms with E-state index in [2.05, 4.69) is 37.2 Å². The van der Waals surface area contributed by atoms with Gasteiger partial charge in [-0.3, -0.25) is 14.3 Å². The molecular weight excluding hydrogens is 488 g/mol. The maximum atomic E-state index is 11.5. The summed E-state index contributed by atoms with van der Waals surface area (Å²) in [6, 6.07) is 25.6. The van der Waals surface area contributed by atoms with E-state index in [0.29, 0.717) is 5.11 Å². The summed E-state index contributed by atoms with van der Waals surface area (Å²) in [6.45, 7) is 1.50. The summed E-state index contributed by atoms with van der Waals surface area (Å²) in [6.07, 6.45) is 3.84. The number of fused-ring (bicyclic) bond motifs is 1. The number of nitrogens with one attached hydrogen (secondary N) is 2. The van der Waals surface area contributed by atoms with Crippen LogP contribution in [0.2, 0.25) is 0 Å². The van der Waals surface area contributed by atoms with E-state index in [9.17, 15) is 4.79 Å². The van der Waals surface area contributed by atoms with Crippen LogP contribution in [-0.2, 0) is 4.79 Å². The molecule has 3 aromatic heterocycles. The minimum absolute atomic E-state index is 0.108. The van der Waals surface area contributed by atoms with Crippen LogP contribution in [0.5, 0.6) is 0 Å². The van der Waals surface area contributed by atoms with E-state index in [1.165, 1.54) is 6.92 Å². The lowest BCUT2D eigenvalue weighted by Gasteiger charge is -2.28. The van der Waals surface area contributed by atoms with Gasteiger partial charge in [-0.1, -0.05) is 29.5 Å². The number of pyridine rings is 1. The van der Waals surface area contributed by atoms with Crippen LogP contribution in [0.15, 0.2) is 91.3 Å². The number of benzene rings is 2. The Labute approximate surface area is 217 Å². The predicted octanol–water partition coefficient (Wildman–Crippen LogP) is 5.62. The fourth-order valence-electron chi connectivity index (χ4n) is 4.61. The predicted molar refractivity (Wildman–Crippen MR) is 148 cm³/mol. The topological polar surface area (TPSA) is 75.1 Å². The van der Waals surface area contributed by atoms with Gasteiger partial charge in [-0.2, -0.15) is 0 Å². The molecule has 0 radical (unpaired) electrons. The van der Waals surface area contributed by atoms with E-state index in [1.807, 2.05) is 72.9 Å². The van der Waals surface area contributed by atoms with Gasteiger partial charge >= 0.3 is 0 Å². The van der Waals surface area contributed by atoms with Gasteiger partial charge in [0.2, 0.25) is 5.91 Å². The van der Waals surface area contributed by atoms with Gasteiger partial charge in [0.05, 0.1) is 27.6 Å². The molecule has 4 heterocycles. The van der Waals surface area contributed by atoms with Gasteiger partial charge in [-0.25, -0.2) is 4.98 Å². The van der Waals surface area contributed by atoms with Crippen molar-refractivity contribution in [2.24, 2.45) is 0 Å². The largest absolute Gasteiger partial charge is 0.351 e. The molecule has 1 fully saturated rings. The fraction of sp³-hybridized carbons (Fsp3) is 0.111. The molecule has 9 heteroatoms. The molecule has 6 rings (SSSR count). The van der Waals surface area contributed by atoms with E-state index < -0.39 is 0 Å². The molecule has 178 valence electrons. The number of thiocarbonyl (C=S) groups is 1. The summed E-state index contributed by atoms with van der Waals surface area (Å²) in [5.41, 5.74) is 4.58. The number of carbonyl (C=O) groups excluding carboxylic acids is 1. The number of nitrogens with zero attached hydrogens (tertiary/aromatic N) is 4. The van der Waals surface area contributed by atoms with Crippen molar-refractivity contribution in [3.63, 3.8) is 0 Å². The Hall–Kier alpha value is -4.08. The zero-order valence-corrected chi connectivity index (χ0v) is 21.0. The second-order valence-electron chi connectivity index (χ2n) is 8.49. The second kappa shape index (κ2) is 9.18. The number of aromatic nitrogens is 3. The smallest absolute Gasteiger partial charge is 0.221 e. The molecule has 5 aromatic rings. The average molecular weight is 511 g/mol. The van der Waals surface area contributed by atoms with Gasteiger partial charge in [-0.05, 0) is 72.9 Å². The molecule has 0 bridgehead atoms. The zero-order chi connectivity index (χ0) is 24.6. The second-order valence-corrected chi connectivity index (χ2v) is 9.89. The van der Waals surface area contributed by atoms with Crippen LogP contribution in [0.3, 0.4) is 0 Å². The van der Waals surface area contributed by atoms with Crippen LogP contribution in [0.4, 0.5) is 11.4 Å². The molecule has 36 heavy (non-hydrogen) atoms. The first-order valence-corrected chi connectivity index (χ1v) is 12.7. The standard InChI is InChI=1S/C27H22N6OS2/c1-17(34)29-18-11-13-19(14-12-18)33-25(24(31-26(33)35)21-8-4-5-15-28-21)22-9-6-16-32(22)27-30-20-7-2-3-10-23(20)36-27/h2-16,24-25H,1H3,(H,29,34)(H,31,35)/t24-,25+/m0/s1. The van der Waals surface area contributed by atoms with Crippen LogP contribution in [0.1, 0.15) is 30.4 Å². The lowest BCUT2D eigenvalue weighted by atomic mass is 10.0. The highest BCUT2D eigenvalue weighted by Gasteiger charge is 2.42. The van der Waals surface area contributed by atoms with Crippen molar-refractivity contribution in [3.8, 4) is 5.13 Å². The van der Waals surface area contributed by atoms with Crippen LogP contribution in [-0.4, -0.2) is 25.6 Å². The number of carbonyl (C=O) groups is 1. The highest BCUT2D eigenvalue weighted by atomic mass is 32.1. The molecular formula is C27H22N6OS2. The third kappa shape index (κ3) is 4.02. The summed E-state index contributed by atoms with van der Waals surface area (Å²) in [4.78, 5) is 23.1. The first kappa shape index (κ1) is 22.4. The number of para-hydroxylation sites is 1. The molecule has 1 saturated heterocycles. The van der Waals surface area contributed by atoms with Crippen molar-refractivity contribution in [1.29, 1.82) is 0 Å². The molecule has 1 aliphatic rings. The summed E-state index contributed by atoms with van der Waals surface area (Å²) in [5.74, 6) is -0.108. The maximum Gasteiger partial charge on any atom is 0.221 e. The number of rotatable bonds is 5. The van der Waals surface area contributed by atoms with Gasteiger partial charge in [0.25, 0.3) is 0 Å². The third-order valence-corrected chi connectivity index (χ3v) is 7.49. The maximum absolute atomic E-state index is 11.5. The molecule has 2 N–H and O–H groups in total. The summed E-state index contributed by atoms with van der Waals surface area (Å²) in [7, 11) is 0. The van der Waals surface area contributed by atoms with Gasteiger partial charge in [-0.15, -0.1) is 0 Å². The van der Waals surface area contributed by atoms with E-state index >= 15 is 0 Å². The molecule has 1 aliphatic heterocycles. The molecule has 7 nitrogen and oxygen atoms in total. The van der Waals surface area contributed by atoms with Gasteiger partial charge in [0.1, 0.15) is 6.04 Å². The molecule has 0 spiro atoms. The molecule has 2 aromatic carbocycles. The number of amides is 1. The fourth-order valence-corrected chi connectivity index (χ4v) is 5.93. The van der Waals surface area contributed by atoms with Crippen LogP contribution >= 0.6 is 23.6 Å². The number of anilines is 2. The molecule has 1 amide bonds. The Kier molecular flexibility index (Phi) is 5.71. The van der Waals surface area contributed by atoms with Crippen LogP contribution in [0.25, 0.3) is 15.3 Å².